The second-order valence-corrected chi connectivity index (χ2v) is 7.24. The van der Waals surface area contributed by atoms with Crippen molar-refractivity contribution in [2.45, 2.75) is 46.6 Å². The first-order valence-corrected chi connectivity index (χ1v) is 8.80. The Labute approximate surface area is 158 Å². The lowest BCUT2D eigenvalue weighted by molar-refractivity contribution is -0.150. The molecule has 1 atom stereocenters. The van der Waals surface area contributed by atoms with E-state index in [1.54, 1.807) is 0 Å². The van der Waals surface area contributed by atoms with Crippen LogP contribution in [0.2, 0.25) is 0 Å². The highest BCUT2D eigenvalue weighted by Crippen LogP contribution is 2.41. The van der Waals surface area contributed by atoms with Crippen LogP contribution in [0.5, 0.6) is 11.5 Å². The summed E-state index contributed by atoms with van der Waals surface area (Å²) in [4.78, 5) is 36.3. The SMILES string of the molecule is CC(C)=CCC(OC(=O)CC(C)C)c1cc(O)c2c(c1O)C(=O)C=CC2=O. The van der Waals surface area contributed by atoms with Crippen molar-refractivity contribution < 1.29 is 29.3 Å². The highest BCUT2D eigenvalue weighted by atomic mass is 16.5. The van der Waals surface area contributed by atoms with Crippen LogP contribution in [-0.4, -0.2) is 27.7 Å². The molecule has 0 saturated heterocycles. The average molecular weight is 372 g/mol. The molecule has 27 heavy (non-hydrogen) atoms. The van der Waals surface area contributed by atoms with E-state index in [9.17, 15) is 24.6 Å². The lowest BCUT2D eigenvalue weighted by Gasteiger charge is -2.22. The summed E-state index contributed by atoms with van der Waals surface area (Å²) in [5.41, 5.74) is 0.575. The van der Waals surface area contributed by atoms with Crippen molar-refractivity contribution in [1.82, 2.24) is 0 Å². The number of esters is 1. The van der Waals surface area contributed by atoms with Gasteiger partial charge < -0.3 is 14.9 Å². The van der Waals surface area contributed by atoms with Gasteiger partial charge in [0.15, 0.2) is 11.6 Å². The Kier molecular flexibility index (Phi) is 6.20. The summed E-state index contributed by atoms with van der Waals surface area (Å²) < 4.78 is 5.52. The first kappa shape index (κ1) is 20.4. The zero-order chi connectivity index (χ0) is 20.3. The van der Waals surface area contributed by atoms with Crippen LogP contribution in [0.1, 0.15) is 72.9 Å². The number of ether oxygens (including phenoxy) is 1. The third-order valence-electron chi connectivity index (χ3n) is 4.12. The Balaban J connectivity index is 2.52. The van der Waals surface area contributed by atoms with E-state index in [0.717, 1.165) is 17.7 Å². The molecular weight excluding hydrogens is 348 g/mol. The quantitative estimate of drug-likeness (QED) is 0.444. The van der Waals surface area contributed by atoms with Crippen molar-refractivity contribution >= 4 is 17.5 Å². The molecule has 1 aromatic carbocycles. The molecule has 1 aromatic rings. The number of ketones is 2. The van der Waals surface area contributed by atoms with E-state index in [-0.39, 0.29) is 35.4 Å². The monoisotopic (exact) mass is 372 g/mol. The van der Waals surface area contributed by atoms with Crippen LogP contribution in [0, 0.1) is 5.92 Å². The molecule has 0 spiro atoms. The van der Waals surface area contributed by atoms with Crippen molar-refractivity contribution in [3.05, 3.63) is 46.6 Å². The average Bonchev–Trinajstić information content (AvgIpc) is 2.56. The topological polar surface area (TPSA) is 101 Å². The molecule has 6 nitrogen and oxygen atoms in total. The maximum absolute atomic E-state index is 12.2. The molecule has 0 aromatic heterocycles. The summed E-state index contributed by atoms with van der Waals surface area (Å²) in [5.74, 6) is -2.39. The van der Waals surface area contributed by atoms with Gasteiger partial charge in [-0.1, -0.05) is 25.5 Å². The molecular formula is C21H24O6. The van der Waals surface area contributed by atoms with Crippen molar-refractivity contribution in [3.8, 4) is 11.5 Å². The molecule has 6 heteroatoms. The molecule has 0 radical (unpaired) electrons. The Hall–Kier alpha value is -2.89. The van der Waals surface area contributed by atoms with Gasteiger partial charge in [-0.3, -0.25) is 14.4 Å². The molecule has 1 aliphatic rings. The fraction of sp³-hybridized carbons (Fsp3) is 0.381. The third-order valence-corrected chi connectivity index (χ3v) is 4.12. The minimum atomic E-state index is -0.892. The number of carbonyl (C=O) groups excluding carboxylic acids is 3. The standard InChI is InChI=1S/C21H24O6/c1-11(2)5-8-17(27-18(25)9-12(3)4)13-10-16(24)19-14(22)6-7-15(23)20(19)21(13)26/h5-7,10,12,17,24,26H,8-9H2,1-4H3. The number of hydrogen-bond acceptors (Lipinski definition) is 6. The number of aromatic hydroxyl groups is 2. The first-order valence-electron chi connectivity index (χ1n) is 8.80. The summed E-state index contributed by atoms with van der Waals surface area (Å²) in [6.45, 7) is 7.52. The Morgan fingerprint density at radius 1 is 1.11 bits per heavy atom. The van der Waals surface area contributed by atoms with Gasteiger partial charge in [0.2, 0.25) is 0 Å². The second-order valence-electron chi connectivity index (χ2n) is 7.24. The van der Waals surface area contributed by atoms with Crippen LogP contribution in [0.3, 0.4) is 0 Å². The van der Waals surface area contributed by atoms with Gasteiger partial charge in [-0.25, -0.2) is 0 Å². The zero-order valence-corrected chi connectivity index (χ0v) is 15.9. The number of phenolic OH excluding ortho intramolecular Hbond substituents is 2. The van der Waals surface area contributed by atoms with Gasteiger partial charge >= 0.3 is 5.97 Å². The molecule has 0 saturated carbocycles. The largest absolute Gasteiger partial charge is 0.507 e. The van der Waals surface area contributed by atoms with E-state index in [0.29, 0.717) is 0 Å². The third kappa shape index (κ3) is 4.64. The Morgan fingerprint density at radius 3 is 2.26 bits per heavy atom. The molecule has 2 rings (SSSR count). The van der Waals surface area contributed by atoms with Gasteiger partial charge in [0.05, 0.1) is 11.1 Å². The van der Waals surface area contributed by atoms with Crippen LogP contribution in [0.25, 0.3) is 0 Å². The highest BCUT2D eigenvalue weighted by molar-refractivity contribution is 6.24. The van der Waals surface area contributed by atoms with Gasteiger partial charge in [-0.2, -0.15) is 0 Å². The summed E-state index contributed by atoms with van der Waals surface area (Å²) >= 11 is 0. The minimum Gasteiger partial charge on any atom is -0.507 e. The zero-order valence-electron chi connectivity index (χ0n) is 15.9. The number of rotatable bonds is 6. The summed E-state index contributed by atoms with van der Waals surface area (Å²) in [7, 11) is 0. The van der Waals surface area contributed by atoms with E-state index >= 15 is 0 Å². The van der Waals surface area contributed by atoms with Crippen molar-refractivity contribution in [3.63, 3.8) is 0 Å². The normalized spacial score (nSPS) is 14.1. The maximum atomic E-state index is 12.2. The van der Waals surface area contributed by atoms with E-state index in [4.69, 9.17) is 4.74 Å². The lowest BCUT2D eigenvalue weighted by atomic mass is 9.89. The molecule has 0 fully saturated rings. The first-order chi connectivity index (χ1) is 12.6. The van der Waals surface area contributed by atoms with Crippen molar-refractivity contribution in [1.29, 1.82) is 0 Å². The van der Waals surface area contributed by atoms with Gasteiger partial charge in [0.25, 0.3) is 0 Å². The molecule has 144 valence electrons. The molecule has 1 aliphatic carbocycles. The minimum absolute atomic E-state index is 0.0940. The Bertz CT molecular complexity index is 841. The van der Waals surface area contributed by atoms with Crippen molar-refractivity contribution in [2.75, 3.05) is 0 Å². The van der Waals surface area contributed by atoms with Gasteiger partial charge in [0.1, 0.15) is 17.6 Å². The fourth-order valence-electron chi connectivity index (χ4n) is 2.85. The van der Waals surface area contributed by atoms with Gasteiger partial charge in [-0.05, 0) is 38.0 Å². The lowest BCUT2D eigenvalue weighted by Crippen LogP contribution is -2.17. The number of carbonyl (C=O) groups is 3. The van der Waals surface area contributed by atoms with Crippen molar-refractivity contribution in [2.24, 2.45) is 5.92 Å². The van der Waals surface area contributed by atoms with Crippen LogP contribution < -0.4 is 0 Å². The second kappa shape index (κ2) is 8.20. The van der Waals surface area contributed by atoms with E-state index < -0.39 is 35.1 Å². The van der Waals surface area contributed by atoms with Gasteiger partial charge in [-0.15, -0.1) is 0 Å². The Morgan fingerprint density at radius 2 is 1.70 bits per heavy atom. The van der Waals surface area contributed by atoms with Crippen LogP contribution in [-0.2, 0) is 9.53 Å². The molecule has 1 unspecified atom stereocenters. The van der Waals surface area contributed by atoms with Gasteiger partial charge in [0, 0.05) is 18.4 Å². The summed E-state index contributed by atoms with van der Waals surface area (Å²) in [6, 6.07) is 1.19. The maximum Gasteiger partial charge on any atom is 0.306 e. The molecule has 0 heterocycles. The summed E-state index contributed by atoms with van der Waals surface area (Å²) in [6.07, 6.45) is 3.49. The number of phenols is 2. The smallest absolute Gasteiger partial charge is 0.306 e. The molecule has 2 N–H and O–H groups in total. The highest BCUT2D eigenvalue weighted by Gasteiger charge is 2.31. The molecule has 0 amide bonds. The van der Waals surface area contributed by atoms with E-state index in [1.807, 2.05) is 33.8 Å². The van der Waals surface area contributed by atoms with E-state index in [2.05, 4.69) is 0 Å². The predicted octanol–water partition coefficient (Wildman–Crippen LogP) is 4.02. The molecule has 0 aliphatic heterocycles. The summed E-state index contributed by atoms with van der Waals surface area (Å²) in [5, 5.41) is 20.9. The predicted molar refractivity (Wildman–Crippen MR) is 99.9 cm³/mol. The van der Waals surface area contributed by atoms with Crippen LogP contribution in [0.4, 0.5) is 0 Å². The van der Waals surface area contributed by atoms with E-state index in [1.165, 1.54) is 6.07 Å². The fourth-order valence-corrected chi connectivity index (χ4v) is 2.85. The number of fused-ring (bicyclic) bond motifs is 1. The van der Waals surface area contributed by atoms with Crippen LogP contribution in [0.15, 0.2) is 29.9 Å². The molecule has 0 bridgehead atoms. The number of allylic oxidation sites excluding steroid dienone is 3. The number of hydrogen-bond donors (Lipinski definition) is 2. The number of benzene rings is 1. The van der Waals surface area contributed by atoms with Crippen LogP contribution >= 0.6 is 0 Å².